The minimum Gasteiger partial charge on any atom is -0.459 e. The summed E-state index contributed by atoms with van der Waals surface area (Å²) >= 11 is 0. The lowest BCUT2D eigenvalue weighted by atomic mass is 10.2. The van der Waals surface area contributed by atoms with Crippen LogP contribution in [-0.4, -0.2) is 18.0 Å². The van der Waals surface area contributed by atoms with Gasteiger partial charge in [0.25, 0.3) is 0 Å². The molecule has 0 spiro atoms. The number of benzene rings is 1. The maximum absolute atomic E-state index is 5.77. The zero-order chi connectivity index (χ0) is 16.2. The van der Waals surface area contributed by atoms with Crippen LogP contribution in [-0.2, 0) is 13.1 Å². The predicted molar refractivity (Wildman–Crippen MR) is 89.2 cm³/mol. The predicted octanol–water partition coefficient (Wildman–Crippen LogP) is 2.90. The fourth-order valence-corrected chi connectivity index (χ4v) is 2.29. The number of hydrogen-bond acceptors (Lipinski definition) is 4. The molecule has 2 aromatic heterocycles. The van der Waals surface area contributed by atoms with Crippen LogP contribution in [0, 0.1) is 13.8 Å². The van der Waals surface area contributed by atoms with Crippen molar-refractivity contribution < 1.29 is 8.83 Å². The van der Waals surface area contributed by atoms with Gasteiger partial charge in [-0.05, 0) is 26.0 Å². The molecule has 0 saturated carbocycles. The van der Waals surface area contributed by atoms with Crippen molar-refractivity contribution in [2.75, 3.05) is 7.05 Å². The van der Waals surface area contributed by atoms with Gasteiger partial charge in [0.1, 0.15) is 17.1 Å². The standard InChI is InChI=1S/C17H20N4O2/c1-11-12(2)22-16(21-11)10-20-17(18-3)19-9-14-8-13-6-4-5-7-15(13)23-14/h4-8H,9-10H2,1-3H3,(H2,18,19,20). The molecule has 0 unspecified atom stereocenters. The Morgan fingerprint density at radius 2 is 1.91 bits per heavy atom. The molecule has 120 valence electrons. The van der Waals surface area contributed by atoms with Crippen molar-refractivity contribution in [2.45, 2.75) is 26.9 Å². The van der Waals surface area contributed by atoms with E-state index in [2.05, 4.69) is 20.6 Å². The Balaban J connectivity index is 1.57. The number of nitrogens with zero attached hydrogens (tertiary/aromatic N) is 2. The van der Waals surface area contributed by atoms with Crippen LogP contribution in [0.25, 0.3) is 11.0 Å². The molecule has 0 amide bonds. The number of aliphatic imine (C=N–C) groups is 1. The molecule has 0 bridgehead atoms. The van der Waals surface area contributed by atoms with Gasteiger partial charge in [0, 0.05) is 12.4 Å². The van der Waals surface area contributed by atoms with E-state index in [0.29, 0.717) is 24.9 Å². The Bertz CT molecular complexity index is 780. The number of guanidine groups is 1. The summed E-state index contributed by atoms with van der Waals surface area (Å²) < 4.78 is 11.3. The third-order valence-corrected chi connectivity index (χ3v) is 3.61. The van der Waals surface area contributed by atoms with Crippen LogP contribution in [0.5, 0.6) is 0 Å². The second kappa shape index (κ2) is 6.56. The summed E-state index contributed by atoms with van der Waals surface area (Å²) in [7, 11) is 1.72. The number of furan rings is 1. The van der Waals surface area contributed by atoms with Crippen molar-refractivity contribution in [2.24, 2.45) is 4.99 Å². The smallest absolute Gasteiger partial charge is 0.214 e. The van der Waals surface area contributed by atoms with Crippen LogP contribution in [0.2, 0.25) is 0 Å². The summed E-state index contributed by atoms with van der Waals surface area (Å²) in [6.07, 6.45) is 0. The third-order valence-electron chi connectivity index (χ3n) is 3.61. The van der Waals surface area contributed by atoms with Gasteiger partial charge in [-0.15, -0.1) is 0 Å². The van der Waals surface area contributed by atoms with Crippen LogP contribution in [0.1, 0.15) is 23.1 Å². The number of rotatable bonds is 4. The molecule has 0 radical (unpaired) electrons. The van der Waals surface area contributed by atoms with Gasteiger partial charge in [-0.1, -0.05) is 18.2 Å². The lowest BCUT2D eigenvalue weighted by Crippen LogP contribution is -2.36. The first-order chi connectivity index (χ1) is 11.2. The first kappa shape index (κ1) is 15.1. The summed E-state index contributed by atoms with van der Waals surface area (Å²) in [4.78, 5) is 8.52. The topological polar surface area (TPSA) is 75.6 Å². The molecule has 6 heteroatoms. The van der Waals surface area contributed by atoms with Crippen molar-refractivity contribution in [3.63, 3.8) is 0 Å². The van der Waals surface area contributed by atoms with E-state index in [1.807, 2.05) is 44.2 Å². The number of nitrogens with one attached hydrogen (secondary N) is 2. The van der Waals surface area contributed by atoms with Crippen molar-refractivity contribution in [1.82, 2.24) is 15.6 Å². The van der Waals surface area contributed by atoms with Crippen molar-refractivity contribution >= 4 is 16.9 Å². The van der Waals surface area contributed by atoms with Gasteiger partial charge >= 0.3 is 0 Å². The first-order valence-electron chi connectivity index (χ1n) is 7.50. The number of aromatic nitrogens is 1. The highest BCUT2D eigenvalue weighted by Gasteiger charge is 2.07. The largest absolute Gasteiger partial charge is 0.459 e. The summed E-state index contributed by atoms with van der Waals surface area (Å²) in [6, 6.07) is 9.97. The van der Waals surface area contributed by atoms with Gasteiger partial charge in [-0.25, -0.2) is 4.98 Å². The summed E-state index contributed by atoms with van der Waals surface area (Å²) in [5.74, 6) is 3.01. The van der Waals surface area contributed by atoms with Crippen molar-refractivity contribution in [3.8, 4) is 0 Å². The Kier molecular flexibility index (Phi) is 4.32. The summed E-state index contributed by atoms with van der Waals surface area (Å²) in [5, 5.41) is 7.48. The first-order valence-corrected chi connectivity index (χ1v) is 7.50. The molecular weight excluding hydrogens is 292 g/mol. The molecule has 2 N–H and O–H groups in total. The van der Waals surface area contributed by atoms with E-state index in [1.54, 1.807) is 7.05 Å². The average molecular weight is 312 g/mol. The molecule has 0 atom stereocenters. The fourth-order valence-electron chi connectivity index (χ4n) is 2.29. The summed E-state index contributed by atoms with van der Waals surface area (Å²) in [6.45, 7) is 4.87. The van der Waals surface area contributed by atoms with Crippen molar-refractivity contribution in [1.29, 1.82) is 0 Å². The molecule has 2 heterocycles. The zero-order valence-corrected chi connectivity index (χ0v) is 13.5. The van der Waals surface area contributed by atoms with Gasteiger partial charge in [0.05, 0.1) is 18.8 Å². The van der Waals surface area contributed by atoms with E-state index in [1.165, 1.54) is 0 Å². The van der Waals surface area contributed by atoms with Gasteiger partial charge in [-0.2, -0.15) is 0 Å². The monoisotopic (exact) mass is 312 g/mol. The van der Waals surface area contributed by atoms with E-state index in [4.69, 9.17) is 8.83 Å². The highest BCUT2D eigenvalue weighted by atomic mass is 16.4. The minimum atomic E-state index is 0.481. The Hall–Kier alpha value is -2.76. The van der Waals surface area contributed by atoms with Crippen molar-refractivity contribution in [3.05, 3.63) is 53.4 Å². The number of fused-ring (bicyclic) bond motifs is 1. The lowest BCUT2D eigenvalue weighted by Gasteiger charge is -2.09. The molecule has 0 fully saturated rings. The highest BCUT2D eigenvalue weighted by molar-refractivity contribution is 5.80. The average Bonchev–Trinajstić information content (AvgIpc) is 3.10. The maximum atomic E-state index is 5.77. The molecule has 0 aliphatic heterocycles. The zero-order valence-electron chi connectivity index (χ0n) is 13.5. The fraction of sp³-hybridized carbons (Fsp3) is 0.294. The molecule has 0 aliphatic rings. The molecule has 0 aliphatic carbocycles. The van der Waals surface area contributed by atoms with Crippen LogP contribution in [0.15, 0.2) is 44.2 Å². The maximum Gasteiger partial charge on any atom is 0.214 e. The Morgan fingerprint density at radius 1 is 1.13 bits per heavy atom. The highest BCUT2D eigenvalue weighted by Crippen LogP contribution is 2.18. The molecule has 3 aromatic rings. The SMILES string of the molecule is CN=C(NCc1cc2ccccc2o1)NCc1nc(C)c(C)o1. The van der Waals surface area contributed by atoms with Crippen LogP contribution in [0.4, 0.5) is 0 Å². The normalized spacial score (nSPS) is 11.9. The molecule has 6 nitrogen and oxygen atoms in total. The number of aryl methyl sites for hydroxylation is 2. The van der Waals surface area contributed by atoms with E-state index >= 15 is 0 Å². The third kappa shape index (κ3) is 3.53. The van der Waals surface area contributed by atoms with E-state index < -0.39 is 0 Å². The Labute approximate surface area is 134 Å². The molecule has 3 rings (SSSR count). The molecule has 23 heavy (non-hydrogen) atoms. The Morgan fingerprint density at radius 3 is 2.61 bits per heavy atom. The lowest BCUT2D eigenvalue weighted by molar-refractivity contribution is 0.463. The van der Waals surface area contributed by atoms with Crippen LogP contribution < -0.4 is 10.6 Å². The summed E-state index contributed by atoms with van der Waals surface area (Å²) in [5.41, 5.74) is 1.80. The molecule has 0 saturated heterocycles. The number of oxazole rings is 1. The van der Waals surface area contributed by atoms with Gasteiger partial charge in [0.2, 0.25) is 5.89 Å². The molecule has 1 aromatic carbocycles. The van der Waals surface area contributed by atoms with Gasteiger partial charge in [-0.3, -0.25) is 4.99 Å². The van der Waals surface area contributed by atoms with Crippen LogP contribution >= 0.6 is 0 Å². The van der Waals surface area contributed by atoms with E-state index in [0.717, 1.165) is 28.2 Å². The van der Waals surface area contributed by atoms with E-state index in [-0.39, 0.29) is 0 Å². The number of hydrogen-bond donors (Lipinski definition) is 2. The van der Waals surface area contributed by atoms with Gasteiger partial charge in [0.15, 0.2) is 5.96 Å². The second-order valence-electron chi connectivity index (χ2n) is 5.28. The second-order valence-corrected chi connectivity index (χ2v) is 5.28. The van der Waals surface area contributed by atoms with Gasteiger partial charge < -0.3 is 19.5 Å². The van der Waals surface area contributed by atoms with Crippen LogP contribution in [0.3, 0.4) is 0 Å². The molecular formula is C17H20N4O2. The minimum absolute atomic E-state index is 0.481. The van der Waals surface area contributed by atoms with E-state index in [9.17, 15) is 0 Å². The quantitative estimate of drug-likeness (QED) is 0.572. The number of para-hydroxylation sites is 1.